The fourth-order valence-corrected chi connectivity index (χ4v) is 18.2. The number of rotatable bonds is 29. The van der Waals surface area contributed by atoms with Crippen molar-refractivity contribution in [1.82, 2.24) is 9.80 Å². The van der Waals surface area contributed by atoms with E-state index in [2.05, 4.69) is 253 Å². The summed E-state index contributed by atoms with van der Waals surface area (Å²) >= 11 is 16.9. The molecular weight excluding hydrogens is 2350 g/mol. The monoisotopic (exact) mass is 2490 g/mol. The molecule has 13 rings (SSSR count). The summed E-state index contributed by atoms with van der Waals surface area (Å²) in [5.74, 6) is 0.111. The summed E-state index contributed by atoms with van der Waals surface area (Å²) in [5, 5.41) is 34.7. The molecule has 0 radical (unpaired) electrons. The second-order valence-corrected chi connectivity index (χ2v) is 83.4. The quantitative estimate of drug-likeness (QED) is 0.0148. The first-order valence-electron chi connectivity index (χ1n) is 49.1. The summed E-state index contributed by atoms with van der Waals surface area (Å²) in [5.41, 5.74) is 12.5. The van der Waals surface area contributed by atoms with Gasteiger partial charge in [0.1, 0.15) is 47.8 Å². The van der Waals surface area contributed by atoms with Crippen molar-refractivity contribution in [3.63, 3.8) is 0 Å². The Hall–Kier alpha value is -7.96. The average Bonchev–Trinajstić information content (AvgIpc) is 1.75. The predicted octanol–water partition coefficient (Wildman–Crippen LogP) is 35.5. The van der Waals surface area contributed by atoms with Crippen LogP contribution in [0.15, 0.2) is 283 Å². The fraction of sp³-hybridized carbons (Fsp3) is 0.365. The van der Waals surface area contributed by atoms with Gasteiger partial charge in [-0.15, -0.1) is 0 Å². The van der Waals surface area contributed by atoms with Crippen molar-refractivity contribution < 1.29 is 83.2 Å². The maximum atomic E-state index is 15.0. The Kier molecular flexibility index (Phi) is 49.8. The number of cyclic esters (lactones) is 2. The zero-order valence-electron chi connectivity index (χ0n) is 89.2. The molecule has 18 nitrogen and oxygen atoms in total. The predicted molar refractivity (Wildman–Crippen MR) is 632 cm³/mol. The van der Waals surface area contributed by atoms with E-state index in [0.29, 0.717) is 59.4 Å². The van der Waals surface area contributed by atoms with Crippen LogP contribution in [0.3, 0.4) is 0 Å². The van der Waals surface area contributed by atoms with E-state index in [1.807, 2.05) is 183 Å². The number of aliphatic hydroxyl groups excluding tert-OH is 2. The van der Waals surface area contributed by atoms with Crippen molar-refractivity contribution in [2.45, 2.75) is 252 Å². The molecule has 2 aliphatic heterocycles. The Bertz CT molecular complexity index is 6080. The molecule has 0 saturated carbocycles. The number of phenolic OH excluding ortho intramolecular Hbond substituents is 1. The fourth-order valence-electron chi connectivity index (χ4n) is 13.7. The van der Waals surface area contributed by atoms with Crippen LogP contribution in [-0.2, 0) is 44.3 Å². The molecule has 34 heteroatoms. The molecule has 11 aromatic rings. The second-order valence-electron chi connectivity index (χ2n) is 42.8. The van der Waals surface area contributed by atoms with Gasteiger partial charge in [-0.3, -0.25) is 24.4 Å². The number of aliphatic hydroxyl groups is 2. The number of nitrogens with one attached hydrogen (secondary N) is 1. The number of aliphatic imine (C=N–C) groups is 2. The zero-order valence-corrected chi connectivity index (χ0v) is 105. The molecule has 0 aromatic heterocycles. The van der Waals surface area contributed by atoms with Gasteiger partial charge in [-0.1, -0.05) is 304 Å². The Morgan fingerprint density at radius 1 is 0.477 bits per heavy atom. The average molecular weight is 2500 g/mol. The molecule has 0 aliphatic carbocycles. The molecule has 2 aliphatic rings. The van der Waals surface area contributed by atoms with Crippen LogP contribution >= 0.6 is 112 Å². The third-order valence-electron chi connectivity index (χ3n) is 26.7. The van der Waals surface area contributed by atoms with E-state index >= 15 is 4.79 Å². The molecule has 2 fully saturated rings. The molecule has 11 aromatic carbocycles. The number of aromatic hydroxyl groups is 1. The van der Waals surface area contributed by atoms with Crippen LogP contribution in [-0.4, -0.2) is 125 Å². The number of phenols is 1. The number of halogens is 11. The van der Waals surface area contributed by atoms with Gasteiger partial charge in [0.25, 0.3) is 16.6 Å². The van der Waals surface area contributed by atoms with E-state index in [1.54, 1.807) is 24.3 Å². The van der Waals surface area contributed by atoms with Crippen LogP contribution in [0.2, 0.25) is 72.5 Å². The Morgan fingerprint density at radius 2 is 0.819 bits per heavy atom. The topological polar surface area (TPSA) is 235 Å². The molecule has 802 valence electrons. The van der Waals surface area contributed by atoms with Gasteiger partial charge >= 0.3 is 61.8 Å². The van der Waals surface area contributed by atoms with E-state index < -0.39 is 98.8 Å². The number of aldehydes is 1. The van der Waals surface area contributed by atoms with Crippen molar-refractivity contribution in [3.8, 4) is 23.0 Å². The number of anilines is 1. The van der Waals surface area contributed by atoms with Gasteiger partial charge in [0.15, 0.2) is 13.7 Å². The van der Waals surface area contributed by atoms with Crippen LogP contribution in [0.5, 0.6) is 23.0 Å². The van der Waals surface area contributed by atoms with Crippen molar-refractivity contribution in [2.24, 2.45) is 15.9 Å². The van der Waals surface area contributed by atoms with E-state index in [4.69, 9.17) is 76.2 Å². The van der Waals surface area contributed by atoms with Gasteiger partial charge in [0.2, 0.25) is 20.1 Å². The van der Waals surface area contributed by atoms with Crippen molar-refractivity contribution in [3.05, 3.63) is 346 Å². The van der Waals surface area contributed by atoms with Crippen molar-refractivity contribution in [2.75, 3.05) is 18.5 Å². The summed E-state index contributed by atoms with van der Waals surface area (Å²) in [6.07, 6.45) is 3.61. The van der Waals surface area contributed by atoms with Crippen LogP contribution in [0.1, 0.15) is 199 Å². The van der Waals surface area contributed by atoms with Gasteiger partial charge in [-0.25, -0.2) is 28.2 Å². The molecule has 2 heterocycles. The van der Waals surface area contributed by atoms with Crippen molar-refractivity contribution >= 4 is 204 Å². The number of nitrogens with zero attached hydrogens (tertiary/aromatic N) is 4. The first-order chi connectivity index (χ1) is 69.3. The standard InChI is InChI=1S/C41H48BrFN2O5Si.C21H22FNO4.2C20H26BrNOSi.C7H5BrO2.C6H15ClSi.4ClH.Ti/c1-27-12-19-32(20-13-27)44-38(34-21-16-30(42)25-37(34)50-51(5,6)41(2,3)4)35(22-23-36(46)29-14-17-31(43)18-15-29)39(47)45-33(26-49-40(45)48)24-28-10-8-7-9-11-28;22-17-11-9-16(10-12-17)19(24)7-4-8-20(25)23-18(14-27-21(23)26)13-15-5-2-1-3-6-15;2*1-15-7-11-18(12-8-15)22-14-16-9-10-17(21)13-19(16)23-24(5,6)20(2,3)4;8-6-2-1-5(4-9)7(10)3-6;1-6(2,3)8(4,5)7;;;;;/h7-21,25,33,35-36,38,44,46H,22-24,26H2,1-6H3;1-3,5-6,9-12,18-19,24H,4,7-8,13-14H2;2*7-14H,1-6H3;1-4,10H;1-5H3;4*1H;/q;;;;;;;;;;+4/p-4/t33-,35+,36-,38+;18-,19-;;;;;;;;;/m00........./s1. The molecular formula is C115H142Br4Cl5F2N5O13Si4Ti. The molecule has 149 heavy (non-hydrogen) atoms. The molecule has 0 spiro atoms. The number of aryl methyl sites for hydroxylation is 3. The van der Waals surface area contributed by atoms with Crippen molar-refractivity contribution in [1.29, 1.82) is 0 Å². The minimum atomic E-state index is -3.11. The van der Waals surface area contributed by atoms with E-state index in [-0.39, 0.29) is 71.1 Å². The third-order valence-corrected chi connectivity index (χ3v) is 47.0. The molecule has 6 atom stereocenters. The SMILES string of the molecule is CC(C)(C)[Si](C)(C)Cl.Cc1ccc(N=Cc2ccc(Br)cc2O[Si](C)(C)C(C)(C)C)cc1.Cc1ccc(N=Cc2ccc(Br)cc2O[Si](C)(C)C(C)(C)C)cc1.Cc1ccc(N[C@H](c2ccc(Br)cc2O[Si](C)(C)C(C)(C)C)[C@@H](CC[C@H](O)c2ccc(F)cc2)C(=O)N2C(=O)OC[C@@H]2Cc2ccccc2)cc1.O=C(CCC[C@H](O)c1ccc(F)cc1)N1C(=O)OC[C@@H]1Cc1ccccc1.O=Cc1ccc(Br)cc1O.[Cl][Ti]([Cl])([Cl])[Cl]. The van der Waals surface area contributed by atoms with E-state index in [1.165, 1.54) is 63.4 Å². The summed E-state index contributed by atoms with van der Waals surface area (Å²) in [6.45, 7) is 50.8. The van der Waals surface area contributed by atoms with Gasteiger partial charge in [-0.05, 0) is 268 Å². The molecule has 0 unspecified atom stereocenters. The Labute approximate surface area is 942 Å². The Balaban J connectivity index is 0.000000261. The van der Waals surface area contributed by atoms with Crippen LogP contribution in [0.4, 0.5) is 35.4 Å². The summed E-state index contributed by atoms with van der Waals surface area (Å²) in [6, 6.07) is 76.3. The number of benzene rings is 11. The van der Waals surface area contributed by atoms with E-state index in [0.717, 1.165) is 79.8 Å². The number of hydrogen-bond donors (Lipinski definition) is 4. The maximum absolute atomic E-state index is 15.0. The van der Waals surface area contributed by atoms with Crippen LogP contribution in [0.25, 0.3) is 0 Å². The molecule has 4 amide bonds. The number of carbonyl (C=O) groups is 5. The van der Waals surface area contributed by atoms with Gasteiger partial charge < -0.3 is 43.4 Å². The zero-order chi connectivity index (χ0) is 111. The number of carbonyl (C=O) groups excluding carboxylic acids is 5. The minimum absolute atomic E-state index is 0.00405. The second kappa shape index (κ2) is 58.0. The van der Waals surface area contributed by atoms with Gasteiger partial charge in [-0.2, -0.15) is 11.1 Å². The Morgan fingerprint density at radius 3 is 1.19 bits per heavy atom. The molecule has 2 saturated heterocycles. The van der Waals surface area contributed by atoms with Gasteiger partial charge in [0.05, 0.1) is 53.2 Å². The normalized spacial score (nSPS) is 14.8. The van der Waals surface area contributed by atoms with E-state index in [9.17, 15) is 38.2 Å². The van der Waals surface area contributed by atoms with Crippen LogP contribution in [0, 0.1) is 38.3 Å². The van der Waals surface area contributed by atoms with Gasteiger partial charge in [0, 0.05) is 59.1 Å². The number of hydrogen-bond acceptors (Lipinski definition) is 16. The summed E-state index contributed by atoms with van der Waals surface area (Å²) < 4.78 is 60.9. The number of amides is 4. The first kappa shape index (κ1) is 128. The molecule has 4 N–H and O–H groups in total. The summed E-state index contributed by atoms with van der Waals surface area (Å²) in [7, 11) is 12.5. The first-order valence-corrected chi connectivity index (χ1v) is 73.7. The third kappa shape index (κ3) is 42.7. The summed E-state index contributed by atoms with van der Waals surface area (Å²) in [4.78, 5) is 74.8. The van der Waals surface area contributed by atoms with Crippen LogP contribution < -0.4 is 18.6 Å². The number of imide groups is 2. The molecule has 0 bridgehead atoms. The number of ether oxygens (including phenoxy) is 2.